The molecule has 0 amide bonds. The standard InChI is InChI=1S/C10H7N7S/c11-2-6-1-7(3-12)10(17-9(6)15)18-4-8(14)16-5-13/h1H,4H2,(H2,14,16)(H2,15,17)/p+1. The van der Waals surface area contributed by atoms with Crippen LogP contribution in [0.15, 0.2) is 16.1 Å². The molecule has 88 valence electrons. The van der Waals surface area contributed by atoms with Gasteiger partial charge in [-0.1, -0.05) is 11.8 Å². The molecule has 0 aliphatic heterocycles. The third-order valence-corrected chi connectivity index (χ3v) is 2.92. The van der Waals surface area contributed by atoms with E-state index in [1.165, 1.54) is 17.8 Å². The molecule has 0 bridgehead atoms. The highest BCUT2D eigenvalue weighted by Crippen LogP contribution is 2.19. The summed E-state index contributed by atoms with van der Waals surface area (Å²) in [7, 11) is 0. The number of aromatic amines is 1. The topological polar surface area (TPSA) is 150 Å². The van der Waals surface area contributed by atoms with E-state index in [0.29, 0.717) is 5.03 Å². The zero-order chi connectivity index (χ0) is 13.5. The van der Waals surface area contributed by atoms with Crippen molar-refractivity contribution in [3.8, 4) is 18.3 Å². The number of nitriles is 3. The number of anilines is 1. The van der Waals surface area contributed by atoms with Crippen molar-refractivity contribution in [3.63, 3.8) is 0 Å². The van der Waals surface area contributed by atoms with Gasteiger partial charge < -0.3 is 5.73 Å². The predicted octanol–water partition coefficient (Wildman–Crippen LogP) is -0.243. The number of hydrogen-bond donors (Lipinski definition) is 2. The SMILES string of the molecule is N#CN=C(N)CSc1[nH+]c(N)c(C#N)cc1C#N. The third-order valence-electron chi connectivity index (χ3n) is 1.87. The van der Waals surface area contributed by atoms with Gasteiger partial charge in [0.2, 0.25) is 6.19 Å². The van der Waals surface area contributed by atoms with Gasteiger partial charge in [0.25, 0.3) is 5.82 Å². The number of nitrogen functional groups attached to an aromatic ring is 1. The number of thioether (sulfide) groups is 1. The minimum absolute atomic E-state index is 0.141. The Hall–Kier alpha value is -2.76. The molecule has 0 spiro atoms. The smallest absolute Gasteiger partial charge is 0.289 e. The number of aromatic nitrogens is 1. The Morgan fingerprint density at radius 2 is 2.00 bits per heavy atom. The van der Waals surface area contributed by atoms with E-state index < -0.39 is 0 Å². The summed E-state index contributed by atoms with van der Waals surface area (Å²) in [6, 6.07) is 5.22. The van der Waals surface area contributed by atoms with Crippen LogP contribution in [0.4, 0.5) is 5.82 Å². The Kier molecular flexibility index (Phi) is 4.50. The molecule has 0 saturated heterocycles. The number of H-pyrrole nitrogens is 1. The molecule has 0 aliphatic rings. The van der Waals surface area contributed by atoms with Crippen LogP contribution < -0.4 is 16.5 Å². The van der Waals surface area contributed by atoms with Crippen molar-refractivity contribution in [2.24, 2.45) is 10.7 Å². The van der Waals surface area contributed by atoms with Crippen molar-refractivity contribution >= 4 is 23.4 Å². The predicted molar refractivity (Wildman–Crippen MR) is 64.8 cm³/mol. The van der Waals surface area contributed by atoms with Crippen LogP contribution in [0, 0.1) is 34.1 Å². The first-order valence-corrected chi connectivity index (χ1v) is 5.60. The van der Waals surface area contributed by atoms with Crippen LogP contribution in [0.2, 0.25) is 0 Å². The monoisotopic (exact) mass is 258 g/mol. The lowest BCUT2D eigenvalue weighted by Gasteiger charge is -2.01. The minimum Gasteiger partial charge on any atom is -0.386 e. The quantitative estimate of drug-likeness (QED) is 0.330. The van der Waals surface area contributed by atoms with Crippen LogP contribution in [-0.2, 0) is 0 Å². The molecule has 1 aromatic heterocycles. The molecule has 18 heavy (non-hydrogen) atoms. The molecule has 1 aromatic rings. The summed E-state index contributed by atoms with van der Waals surface area (Å²) < 4.78 is 0. The van der Waals surface area contributed by atoms with Gasteiger partial charge in [0.15, 0.2) is 5.03 Å². The van der Waals surface area contributed by atoms with Crippen LogP contribution >= 0.6 is 11.8 Å². The number of nitrogens with zero attached hydrogens (tertiary/aromatic N) is 4. The van der Waals surface area contributed by atoms with E-state index in [2.05, 4.69) is 9.98 Å². The van der Waals surface area contributed by atoms with Gasteiger partial charge in [-0.05, 0) is 6.07 Å². The maximum Gasteiger partial charge on any atom is 0.289 e. The van der Waals surface area contributed by atoms with Gasteiger partial charge in [-0.2, -0.15) is 20.8 Å². The number of hydrogen-bond acceptors (Lipinski definition) is 6. The van der Waals surface area contributed by atoms with Crippen LogP contribution in [0.1, 0.15) is 11.1 Å². The van der Waals surface area contributed by atoms with Gasteiger partial charge in [0.05, 0.1) is 5.75 Å². The van der Waals surface area contributed by atoms with Crippen molar-refractivity contribution in [1.29, 1.82) is 15.8 Å². The Morgan fingerprint density at radius 3 is 2.56 bits per heavy atom. The summed E-state index contributed by atoms with van der Waals surface area (Å²) >= 11 is 1.18. The molecule has 0 atom stereocenters. The average molecular weight is 258 g/mol. The Bertz CT molecular complexity index is 615. The number of rotatable bonds is 3. The van der Waals surface area contributed by atoms with Crippen molar-refractivity contribution in [2.45, 2.75) is 5.03 Å². The Labute approximate surface area is 107 Å². The molecule has 8 heteroatoms. The summed E-state index contributed by atoms with van der Waals surface area (Å²) in [5, 5.41) is 26.5. The van der Waals surface area contributed by atoms with E-state index in [0.717, 1.165) is 0 Å². The zero-order valence-corrected chi connectivity index (χ0v) is 9.95. The number of pyridine rings is 1. The second-order valence-electron chi connectivity index (χ2n) is 3.05. The first-order chi connectivity index (χ1) is 8.62. The summed E-state index contributed by atoms with van der Waals surface area (Å²) in [6.07, 6.45) is 1.57. The number of amidine groups is 1. The van der Waals surface area contributed by atoms with Crippen LogP contribution in [-0.4, -0.2) is 11.6 Å². The molecule has 1 rings (SSSR count). The molecular formula is C10H8N7S+. The van der Waals surface area contributed by atoms with Crippen LogP contribution in [0.25, 0.3) is 0 Å². The largest absolute Gasteiger partial charge is 0.386 e. The summed E-state index contributed by atoms with van der Waals surface area (Å²) in [5.74, 6) is 0.557. The van der Waals surface area contributed by atoms with Gasteiger partial charge >= 0.3 is 0 Å². The van der Waals surface area contributed by atoms with Crippen molar-refractivity contribution in [1.82, 2.24) is 0 Å². The lowest BCUT2D eigenvalue weighted by Crippen LogP contribution is -2.19. The minimum atomic E-state index is 0.141. The van der Waals surface area contributed by atoms with Crippen LogP contribution in [0.5, 0.6) is 0 Å². The van der Waals surface area contributed by atoms with Gasteiger partial charge in [-0.25, -0.2) is 4.98 Å². The van der Waals surface area contributed by atoms with Gasteiger partial charge in [-0.3, -0.25) is 5.73 Å². The second-order valence-corrected chi connectivity index (χ2v) is 4.04. The highest BCUT2D eigenvalue weighted by molar-refractivity contribution is 7.99. The van der Waals surface area contributed by atoms with Gasteiger partial charge in [0, 0.05) is 0 Å². The summed E-state index contributed by atoms with van der Waals surface area (Å²) in [4.78, 5) is 6.10. The molecule has 0 saturated carbocycles. The maximum absolute atomic E-state index is 8.95. The summed E-state index contributed by atoms with van der Waals surface area (Å²) in [5.41, 5.74) is 11.5. The highest BCUT2D eigenvalue weighted by Gasteiger charge is 2.14. The molecule has 0 aromatic carbocycles. The number of aliphatic imine (C=N–C) groups is 1. The fourth-order valence-corrected chi connectivity index (χ4v) is 1.88. The molecular weight excluding hydrogens is 250 g/mol. The molecule has 5 N–H and O–H groups in total. The lowest BCUT2D eigenvalue weighted by atomic mass is 10.2. The van der Waals surface area contributed by atoms with E-state index in [4.69, 9.17) is 27.3 Å². The fourth-order valence-electron chi connectivity index (χ4n) is 1.08. The molecule has 7 nitrogen and oxygen atoms in total. The third kappa shape index (κ3) is 3.11. The average Bonchev–Trinajstić information content (AvgIpc) is 2.36. The molecule has 0 radical (unpaired) electrons. The second kappa shape index (κ2) is 6.09. The normalized spacial score (nSPS) is 10.2. The van der Waals surface area contributed by atoms with E-state index in [1.54, 1.807) is 6.19 Å². The fraction of sp³-hybridized carbons (Fsp3) is 0.100. The molecule has 0 fully saturated rings. The van der Waals surface area contributed by atoms with Gasteiger partial charge in [-0.15, -0.1) is 0 Å². The molecule has 0 aliphatic carbocycles. The van der Waals surface area contributed by atoms with Gasteiger partial charge in [0.1, 0.15) is 29.1 Å². The first kappa shape index (κ1) is 13.3. The summed E-state index contributed by atoms with van der Waals surface area (Å²) in [6.45, 7) is 0. The van der Waals surface area contributed by atoms with Crippen molar-refractivity contribution in [3.05, 3.63) is 17.2 Å². The first-order valence-electron chi connectivity index (χ1n) is 4.62. The lowest BCUT2D eigenvalue weighted by molar-refractivity contribution is -0.410. The van der Waals surface area contributed by atoms with Crippen molar-refractivity contribution in [2.75, 3.05) is 11.5 Å². The van der Waals surface area contributed by atoms with Crippen LogP contribution in [0.3, 0.4) is 0 Å². The number of nitrogens with one attached hydrogen (secondary N) is 1. The maximum atomic E-state index is 8.95. The van der Waals surface area contributed by atoms with Crippen molar-refractivity contribution < 1.29 is 4.98 Å². The molecule has 0 unspecified atom stereocenters. The number of nitrogens with two attached hydrogens (primary N) is 2. The van der Waals surface area contributed by atoms with E-state index in [9.17, 15) is 0 Å². The van der Waals surface area contributed by atoms with E-state index in [1.807, 2.05) is 12.1 Å². The van der Waals surface area contributed by atoms with E-state index in [-0.39, 0.29) is 28.5 Å². The van der Waals surface area contributed by atoms with E-state index >= 15 is 0 Å². The highest BCUT2D eigenvalue weighted by atomic mass is 32.2. The Morgan fingerprint density at radius 1 is 1.33 bits per heavy atom. The molecule has 1 heterocycles. The zero-order valence-electron chi connectivity index (χ0n) is 9.14. The Balaban J connectivity index is 3.01.